The third-order valence-electron chi connectivity index (χ3n) is 2.83. The van der Waals surface area contributed by atoms with Crippen LogP contribution in [0.4, 0.5) is 14.5 Å². The Morgan fingerprint density at radius 3 is 2.24 bits per heavy atom. The Labute approximate surface area is 121 Å². The van der Waals surface area contributed by atoms with E-state index in [2.05, 4.69) is 0 Å². The van der Waals surface area contributed by atoms with Crippen LogP contribution < -0.4 is 10.5 Å². The number of hydrogen-bond donors (Lipinski definition) is 2. The first-order valence-corrected chi connectivity index (χ1v) is 7.79. The van der Waals surface area contributed by atoms with E-state index in [9.17, 15) is 17.2 Å². The lowest BCUT2D eigenvalue weighted by atomic mass is 10.1. The van der Waals surface area contributed by atoms with E-state index in [1.54, 1.807) is 24.3 Å². The van der Waals surface area contributed by atoms with Crippen LogP contribution >= 0.6 is 0 Å². The van der Waals surface area contributed by atoms with Crippen LogP contribution in [0.1, 0.15) is 11.1 Å². The van der Waals surface area contributed by atoms with Crippen LogP contribution in [0.2, 0.25) is 0 Å². The van der Waals surface area contributed by atoms with Gasteiger partial charge in [-0.2, -0.15) is 0 Å². The topological polar surface area (TPSA) is 72.2 Å². The van der Waals surface area contributed by atoms with Gasteiger partial charge in [0.05, 0.1) is 11.4 Å². The van der Waals surface area contributed by atoms with Crippen molar-refractivity contribution in [1.29, 1.82) is 0 Å². The van der Waals surface area contributed by atoms with Crippen LogP contribution in [0.3, 0.4) is 0 Å². The number of hydrogen-bond acceptors (Lipinski definition) is 3. The maximum Gasteiger partial charge on any atom is 0.237 e. The lowest BCUT2D eigenvalue weighted by Gasteiger charge is -2.09. The molecule has 0 fully saturated rings. The zero-order valence-corrected chi connectivity index (χ0v) is 11.8. The van der Waals surface area contributed by atoms with Gasteiger partial charge in [-0.3, -0.25) is 4.72 Å². The molecular weight excluding hydrogens is 298 g/mol. The van der Waals surface area contributed by atoms with Gasteiger partial charge in [-0.1, -0.05) is 30.3 Å². The highest BCUT2D eigenvalue weighted by atomic mass is 32.2. The van der Waals surface area contributed by atoms with E-state index in [1.807, 2.05) is 4.72 Å². The number of sulfonamides is 1. The van der Waals surface area contributed by atoms with Gasteiger partial charge in [0.1, 0.15) is 0 Å². The van der Waals surface area contributed by atoms with Gasteiger partial charge >= 0.3 is 0 Å². The molecule has 0 aliphatic heterocycles. The van der Waals surface area contributed by atoms with Crippen molar-refractivity contribution < 1.29 is 17.2 Å². The quantitative estimate of drug-likeness (QED) is 0.890. The first kappa shape index (κ1) is 15.4. The lowest BCUT2D eigenvalue weighted by molar-refractivity contribution is 0.511. The summed E-state index contributed by atoms with van der Waals surface area (Å²) in [4.78, 5) is 0. The molecule has 0 bridgehead atoms. The molecule has 0 saturated heterocycles. The molecule has 0 atom stereocenters. The van der Waals surface area contributed by atoms with E-state index in [0.717, 1.165) is 17.7 Å². The molecular formula is C14H14F2N2O2S. The zero-order chi connectivity index (χ0) is 15.5. The Hall–Kier alpha value is -1.99. The third-order valence-corrected chi connectivity index (χ3v) is 4.08. The Morgan fingerprint density at radius 2 is 1.62 bits per heavy atom. The zero-order valence-electron chi connectivity index (χ0n) is 11.0. The van der Waals surface area contributed by atoms with E-state index in [4.69, 9.17) is 5.73 Å². The van der Waals surface area contributed by atoms with Crippen LogP contribution in [0, 0.1) is 11.6 Å². The molecule has 0 amide bonds. The molecule has 2 aromatic rings. The average molecular weight is 312 g/mol. The van der Waals surface area contributed by atoms with E-state index in [1.165, 1.54) is 6.07 Å². The molecule has 0 radical (unpaired) electrons. The molecule has 2 aromatic carbocycles. The SMILES string of the molecule is NCc1ccc(CS(=O)(=O)Nc2cccc(F)c2F)cc1. The Bertz CT molecular complexity index is 731. The predicted molar refractivity (Wildman–Crippen MR) is 76.9 cm³/mol. The predicted octanol–water partition coefficient (Wildman–Crippen LogP) is 2.37. The Balaban J connectivity index is 2.16. The second kappa shape index (κ2) is 6.19. The maximum atomic E-state index is 13.5. The number of nitrogens with one attached hydrogen (secondary N) is 1. The number of nitrogens with two attached hydrogens (primary N) is 1. The van der Waals surface area contributed by atoms with Crippen molar-refractivity contribution >= 4 is 15.7 Å². The van der Waals surface area contributed by atoms with E-state index in [-0.39, 0.29) is 5.75 Å². The van der Waals surface area contributed by atoms with Gasteiger partial charge in [0, 0.05) is 6.54 Å². The molecule has 0 spiro atoms. The molecule has 7 heteroatoms. The van der Waals surface area contributed by atoms with E-state index >= 15 is 0 Å². The first-order valence-electron chi connectivity index (χ1n) is 6.13. The van der Waals surface area contributed by atoms with Gasteiger partial charge in [-0.05, 0) is 23.3 Å². The molecule has 0 aliphatic rings. The van der Waals surface area contributed by atoms with Gasteiger partial charge in [-0.15, -0.1) is 0 Å². The average Bonchev–Trinajstić information content (AvgIpc) is 2.44. The summed E-state index contributed by atoms with van der Waals surface area (Å²) in [6, 6.07) is 9.99. The summed E-state index contributed by atoms with van der Waals surface area (Å²) in [6.07, 6.45) is 0. The van der Waals surface area contributed by atoms with Gasteiger partial charge in [0.25, 0.3) is 0 Å². The molecule has 21 heavy (non-hydrogen) atoms. The molecule has 112 valence electrons. The minimum Gasteiger partial charge on any atom is -0.326 e. The van der Waals surface area contributed by atoms with Crippen LogP contribution in [0.15, 0.2) is 42.5 Å². The fourth-order valence-electron chi connectivity index (χ4n) is 1.78. The van der Waals surface area contributed by atoms with Crippen molar-refractivity contribution in [2.45, 2.75) is 12.3 Å². The minimum atomic E-state index is -3.83. The van der Waals surface area contributed by atoms with Crippen molar-refractivity contribution in [3.05, 3.63) is 65.2 Å². The second-order valence-corrected chi connectivity index (χ2v) is 6.21. The largest absolute Gasteiger partial charge is 0.326 e. The van der Waals surface area contributed by atoms with Gasteiger partial charge in [0.2, 0.25) is 10.0 Å². The monoisotopic (exact) mass is 312 g/mol. The fraction of sp³-hybridized carbons (Fsp3) is 0.143. The van der Waals surface area contributed by atoms with Gasteiger partial charge in [-0.25, -0.2) is 17.2 Å². The Kier molecular flexibility index (Phi) is 4.54. The minimum absolute atomic E-state index is 0.339. The summed E-state index contributed by atoms with van der Waals surface area (Å²) in [5.41, 5.74) is 6.44. The van der Waals surface area contributed by atoms with Crippen molar-refractivity contribution in [2.24, 2.45) is 5.73 Å². The molecule has 2 rings (SSSR count). The van der Waals surface area contributed by atoms with Gasteiger partial charge < -0.3 is 5.73 Å². The molecule has 0 unspecified atom stereocenters. The standard InChI is InChI=1S/C14H14F2N2O2S/c15-12-2-1-3-13(14(12)16)18-21(19,20)9-11-6-4-10(8-17)5-7-11/h1-7,18H,8-9,17H2. The van der Waals surface area contributed by atoms with Crippen molar-refractivity contribution in [3.63, 3.8) is 0 Å². The highest BCUT2D eigenvalue weighted by Gasteiger charge is 2.16. The fourth-order valence-corrected chi connectivity index (χ4v) is 2.97. The van der Waals surface area contributed by atoms with Gasteiger partial charge in [0.15, 0.2) is 11.6 Å². The third kappa shape index (κ3) is 3.99. The maximum absolute atomic E-state index is 13.5. The summed E-state index contributed by atoms with van der Waals surface area (Å²) in [7, 11) is -3.83. The summed E-state index contributed by atoms with van der Waals surface area (Å²) < 4.78 is 52.5. The van der Waals surface area contributed by atoms with Crippen LogP contribution in [-0.4, -0.2) is 8.42 Å². The van der Waals surface area contributed by atoms with Crippen molar-refractivity contribution in [1.82, 2.24) is 0 Å². The number of halogens is 2. The summed E-state index contributed by atoms with van der Waals surface area (Å²) in [5.74, 6) is -2.67. The van der Waals surface area contributed by atoms with Crippen LogP contribution in [0.25, 0.3) is 0 Å². The Morgan fingerprint density at radius 1 is 1.00 bits per heavy atom. The van der Waals surface area contributed by atoms with Crippen LogP contribution in [0.5, 0.6) is 0 Å². The number of rotatable bonds is 5. The summed E-state index contributed by atoms with van der Waals surface area (Å²) >= 11 is 0. The highest BCUT2D eigenvalue weighted by molar-refractivity contribution is 7.91. The molecule has 0 saturated carbocycles. The van der Waals surface area contributed by atoms with Crippen molar-refractivity contribution in [2.75, 3.05) is 4.72 Å². The number of benzene rings is 2. The molecule has 4 nitrogen and oxygen atoms in total. The first-order chi connectivity index (χ1) is 9.91. The van der Waals surface area contributed by atoms with E-state index < -0.39 is 27.3 Å². The molecule has 0 aliphatic carbocycles. The summed E-state index contributed by atoms with van der Waals surface area (Å²) in [5, 5.41) is 0. The lowest BCUT2D eigenvalue weighted by Crippen LogP contribution is -2.16. The second-order valence-electron chi connectivity index (χ2n) is 4.48. The van der Waals surface area contributed by atoms with Crippen LogP contribution in [-0.2, 0) is 22.3 Å². The normalized spacial score (nSPS) is 11.4. The smallest absolute Gasteiger partial charge is 0.237 e. The van der Waals surface area contributed by atoms with E-state index in [0.29, 0.717) is 12.1 Å². The number of anilines is 1. The van der Waals surface area contributed by atoms with Crippen molar-refractivity contribution in [3.8, 4) is 0 Å². The summed E-state index contributed by atoms with van der Waals surface area (Å²) in [6.45, 7) is 0.361. The molecule has 0 aromatic heterocycles. The molecule has 0 heterocycles. The highest BCUT2D eigenvalue weighted by Crippen LogP contribution is 2.19. The molecule has 3 N–H and O–H groups in total.